The molecule has 2 nitrogen and oxygen atoms in total. The Balaban J connectivity index is 2.03. The molecule has 1 heterocycles. The van der Waals surface area contributed by atoms with E-state index in [1.54, 1.807) is 11.8 Å². The Morgan fingerprint density at radius 1 is 1.00 bits per heavy atom. The molecule has 1 aliphatic heterocycles. The highest BCUT2D eigenvalue weighted by molar-refractivity contribution is 7.99. The van der Waals surface area contributed by atoms with Gasteiger partial charge in [-0.3, -0.25) is 4.79 Å². The Morgan fingerprint density at radius 2 is 1.68 bits per heavy atom. The van der Waals surface area contributed by atoms with Crippen LogP contribution in [0.1, 0.15) is 17.7 Å². The smallest absolute Gasteiger partial charge is 0.228 e. The molecule has 0 aromatic heterocycles. The van der Waals surface area contributed by atoms with Gasteiger partial charge in [0.05, 0.1) is 11.6 Å². The Kier molecular flexibility index (Phi) is 3.30. The molecule has 19 heavy (non-hydrogen) atoms. The first kappa shape index (κ1) is 12.3. The minimum absolute atomic E-state index is 0.0557. The van der Waals surface area contributed by atoms with Crippen LogP contribution < -0.4 is 5.32 Å². The molecule has 2 unspecified atom stereocenters. The second kappa shape index (κ2) is 5.10. The Morgan fingerprint density at radius 3 is 2.47 bits per heavy atom. The van der Waals surface area contributed by atoms with Crippen LogP contribution in [0.3, 0.4) is 0 Å². The van der Waals surface area contributed by atoms with Crippen LogP contribution in [0.25, 0.3) is 0 Å². The minimum Gasteiger partial charge on any atom is -0.325 e. The summed E-state index contributed by atoms with van der Waals surface area (Å²) in [4.78, 5) is 13.4. The number of fused-ring (bicyclic) bond motifs is 1. The van der Waals surface area contributed by atoms with Crippen LogP contribution in [0.4, 0.5) is 5.69 Å². The zero-order valence-corrected chi connectivity index (χ0v) is 11.5. The topological polar surface area (TPSA) is 29.1 Å². The van der Waals surface area contributed by atoms with Crippen LogP contribution in [-0.2, 0) is 4.79 Å². The van der Waals surface area contributed by atoms with Crippen LogP contribution in [0.5, 0.6) is 0 Å². The monoisotopic (exact) mass is 269 g/mol. The van der Waals surface area contributed by atoms with Crippen molar-refractivity contribution in [3.05, 3.63) is 60.2 Å². The number of carbonyl (C=O) groups excluding carboxylic acids is 1. The van der Waals surface area contributed by atoms with E-state index in [1.807, 2.05) is 43.3 Å². The molecule has 2 atom stereocenters. The van der Waals surface area contributed by atoms with E-state index >= 15 is 0 Å². The Bertz CT molecular complexity index is 597. The van der Waals surface area contributed by atoms with E-state index in [1.165, 1.54) is 5.56 Å². The Hall–Kier alpha value is -1.74. The highest BCUT2D eigenvalue weighted by Gasteiger charge is 2.30. The number of para-hydroxylation sites is 1. The zero-order valence-electron chi connectivity index (χ0n) is 10.7. The molecule has 0 bridgehead atoms. The minimum atomic E-state index is -0.0557. The number of nitrogens with one attached hydrogen (secondary N) is 1. The van der Waals surface area contributed by atoms with Crippen LogP contribution in [0, 0.1) is 5.92 Å². The largest absolute Gasteiger partial charge is 0.325 e. The number of rotatable bonds is 1. The lowest BCUT2D eigenvalue weighted by Gasteiger charge is -2.19. The van der Waals surface area contributed by atoms with Crippen LogP contribution in [-0.4, -0.2) is 5.91 Å². The van der Waals surface area contributed by atoms with Gasteiger partial charge in [0.25, 0.3) is 0 Å². The maximum atomic E-state index is 12.2. The third kappa shape index (κ3) is 2.38. The molecule has 0 radical (unpaired) electrons. The molecule has 1 amide bonds. The van der Waals surface area contributed by atoms with E-state index in [4.69, 9.17) is 0 Å². The fourth-order valence-electron chi connectivity index (χ4n) is 2.30. The SMILES string of the molecule is CC1C(=O)Nc2ccccc2SC1c1ccccc1. The van der Waals surface area contributed by atoms with Crippen molar-refractivity contribution < 1.29 is 4.79 Å². The summed E-state index contributed by atoms with van der Waals surface area (Å²) in [5, 5.41) is 3.17. The molecule has 3 heteroatoms. The van der Waals surface area contributed by atoms with Gasteiger partial charge in [-0.25, -0.2) is 0 Å². The number of benzene rings is 2. The number of hydrogen-bond donors (Lipinski definition) is 1. The Labute approximate surface area is 117 Å². The molecule has 1 N–H and O–H groups in total. The van der Waals surface area contributed by atoms with Crippen LogP contribution in [0.15, 0.2) is 59.5 Å². The van der Waals surface area contributed by atoms with E-state index in [0.717, 1.165) is 10.6 Å². The summed E-state index contributed by atoms with van der Waals surface area (Å²) in [6.07, 6.45) is 0. The predicted molar refractivity (Wildman–Crippen MR) is 79.3 cm³/mol. The lowest BCUT2D eigenvalue weighted by atomic mass is 9.99. The van der Waals surface area contributed by atoms with Crippen molar-refractivity contribution in [3.63, 3.8) is 0 Å². The molecule has 1 aliphatic rings. The van der Waals surface area contributed by atoms with Crippen molar-refractivity contribution in [1.29, 1.82) is 0 Å². The fraction of sp³-hybridized carbons (Fsp3) is 0.188. The molecule has 0 aliphatic carbocycles. The molecule has 0 saturated heterocycles. The number of amides is 1. The predicted octanol–water partition coefficient (Wildman–Crippen LogP) is 4.11. The molecule has 2 aromatic carbocycles. The molecule has 0 fully saturated rings. The maximum absolute atomic E-state index is 12.2. The van der Waals surface area contributed by atoms with E-state index in [2.05, 4.69) is 23.5 Å². The quantitative estimate of drug-likeness (QED) is 0.844. The summed E-state index contributed by atoms with van der Waals surface area (Å²) >= 11 is 1.76. The molecular formula is C16H15NOS. The summed E-state index contributed by atoms with van der Waals surface area (Å²) in [5.41, 5.74) is 2.12. The van der Waals surface area contributed by atoms with Crippen molar-refractivity contribution in [2.45, 2.75) is 17.1 Å². The van der Waals surface area contributed by atoms with Gasteiger partial charge in [-0.05, 0) is 17.7 Å². The standard InChI is InChI=1S/C16H15NOS/c1-11-15(12-7-3-2-4-8-12)19-14-10-6-5-9-13(14)17-16(11)18/h2-11,15H,1H3,(H,17,18). The third-order valence-electron chi connectivity index (χ3n) is 3.39. The summed E-state index contributed by atoms with van der Waals surface area (Å²) in [5.74, 6) is 0.0334. The second-order valence-corrected chi connectivity index (χ2v) is 5.91. The average molecular weight is 269 g/mol. The van der Waals surface area contributed by atoms with Crippen LogP contribution >= 0.6 is 11.8 Å². The molecule has 2 aromatic rings. The highest BCUT2D eigenvalue weighted by atomic mass is 32.2. The van der Waals surface area contributed by atoms with Crippen molar-refractivity contribution in [1.82, 2.24) is 0 Å². The van der Waals surface area contributed by atoms with Crippen molar-refractivity contribution in [3.8, 4) is 0 Å². The molecule has 96 valence electrons. The summed E-state index contributed by atoms with van der Waals surface area (Å²) in [7, 11) is 0. The van der Waals surface area contributed by atoms with Gasteiger partial charge in [-0.1, -0.05) is 49.4 Å². The van der Waals surface area contributed by atoms with E-state index in [-0.39, 0.29) is 17.1 Å². The molecular weight excluding hydrogens is 254 g/mol. The average Bonchev–Trinajstić information content (AvgIpc) is 2.58. The van der Waals surface area contributed by atoms with E-state index in [0.29, 0.717) is 0 Å². The molecule has 0 saturated carbocycles. The first-order valence-corrected chi connectivity index (χ1v) is 7.25. The summed E-state index contributed by atoms with van der Waals surface area (Å²) in [6, 6.07) is 18.2. The van der Waals surface area contributed by atoms with Gasteiger partial charge in [0, 0.05) is 10.1 Å². The number of carbonyl (C=O) groups is 1. The van der Waals surface area contributed by atoms with Gasteiger partial charge in [0.2, 0.25) is 5.91 Å². The van der Waals surface area contributed by atoms with Crippen molar-refractivity contribution >= 4 is 23.4 Å². The number of hydrogen-bond acceptors (Lipinski definition) is 2. The number of thioether (sulfide) groups is 1. The lowest BCUT2D eigenvalue weighted by Crippen LogP contribution is -2.22. The van der Waals surface area contributed by atoms with Gasteiger partial charge in [-0.2, -0.15) is 0 Å². The third-order valence-corrected chi connectivity index (χ3v) is 4.94. The maximum Gasteiger partial charge on any atom is 0.228 e. The first-order valence-electron chi connectivity index (χ1n) is 6.37. The first-order chi connectivity index (χ1) is 9.25. The highest BCUT2D eigenvalue weighted by Crippen LogP contribution is 2.45. The van der Waals surface area contributed by atoms with Gasteiger partial charge in [-0.15, -0.1) is 11.8 Å². The van der Waals surface area contributed by atoms with E-state index < -0.39 is 0 Å². The number of anilines is 1. The summed E-state index contributed by atoms with van der Waals surface area (Å²) < 4.78 is 0. The van der Waals surface area contributed by atoms with Crippen molar-refractivity contribution in [2.24, 2.45) is 5.92 Å². The van der Waals surface area contributed by atoms with Gasteiger partial charge in [0.15, 0.2) is 0 Å². The fourth-order valence-corrected chi connectivity index (χ4v) is 3.59. The van der Waals surface area contributed by atoms with Gasteiger partial charge < -0.3 is 5.32 Å². The van der Waals surface area contributed by atoms with Gasteiger partial charge in [0.1, 0.15) is 0 Å². The van der Waals surface area contributed by atoms with E-state index in [9.17, 15) is 4.79 Å². The molecule has 3 rings (SSSR count). The summed E-state index contributed by atoms with van der Waals surface area (Å²) in [6.45, 7) is 1.99. The lowest BCUT2D eigenvalue weighted by molar-refractivity contribution is -0.119. The molecule has 0 spiro atoms. The second-order valence-electron chi connectivity index (χ2n) is 4.72. The van der Waals surface area contributed by atoms with Crippen molar-refractivity contribution in [2.75, 3.05) is 5.32 Å². The normalized spacial score (nSPS) is 22.3. The van der Waals surface area contributed by atoms with Crippen LogP contribution in [0.2, 0.25) is 0 Å². The zero-order chi connectivity index (χ0) is 13.2. The van der Waals surface area contributed by atoms with Gasteiger partial charge >= 0.3 is 0 Å².